The number of aliphatic hydroxyl groups is 1. The highest BCUT2D eigenvalue weighted by molar-refractivity contribution is 6.00. The van der Waals surface area contributed by atoms with Crippen molar-refractivity contribution in [2.24, 2.45) is 0 Å². The molecule has 7 nitrogen and oxygen atoms in total. The van der Waals surface area contributed by atoms with Gasteiger partial charge in [0, 0.05) is 11.8 Å². The van der Waals surface area contributed by atoms with E-state index in [1.807, 2.05) is 0 Å². The third-order valence-electron chi connectivity index (χ3n) is 2.12. The van der Waals surface area contributed by atoms with Crippen LogP contribution in [0.3, 0.4) is 0 Å². The molecule has 0 aliphatic rings. The summed E-state index contributed by atoms with van der Waals surface area (Å²) in [7, 11) is 0. The zero-order valence-electron chi connectivity index (χ0n) is 9.06. The molecule has 0 fully saturated rings. The molecule has 0 bridgehead atoms. The fraction of sp³-hybridized carbons (Fsp3) is 0.300. The topological polar surface area (TPSA) is 119 Å². The number of carbonyl (C=O) groups excluding carboxylic acids is 2. The second kappa shape index (κ2) is 5.26. The zero-order chi connectivity index (χ0) is 13.0. The number of aliphatic carboxylic acids is 1. The molecule has 4 N–H and O–H groups in total. The van der Waals surface area contributed by atoms with E-state index in [9.17, 15) is 14.4 Å². The van der Waals surface area contributed by atoms with E-state index < -0.39 is 24.5 Å². The summed E-state index contributed by atoms with van der Waals surface area (Å²) in [6.45, 7) is 0.639. The van der Waals surface area contributed by atoms with Crippen molar-refractivity contribution < 1.29 is 24.6 Å². The van der Waals surface area contributed by atoms with E-state index >= 15 is 0 Å². The number of H-pyrrole nitrogens is 1. The number of carbonyl (C=O) groups is 3. The first-order valence-corrected chi connectivity index (χ1v) is 4.79. The van der Waals surface area contributed by atoms with Gasteiger partial charge in [-0.1, -0.05) is 0 Å². The minimum Gasteiger partial charge on any atom is -0.480 e. The first-order valence-electron chi connectivity index (χ1n) is 4.79. The highest BCUT2D eigenvalue weighted by atomic mass is 16.4. The van der Waals surface area contributed by atoms with Crippen LogP contribution in [-0.2, 0) is 4.79 Å². The molecule has 0 aromatic carbocycles. The Morgan fingerprint density at radius 1 is 1.47 bits per heavy atom. The summed E-state index contributed by atoms with van der Waals surface area (Å²) in [6, 6.07) is -0.0555. The molecule has 7 heteroatoms. The number of hydrogen-bond acceptors (Lipinski definition) is 4. The minimum absolute atomic E-state index is 0.0647. The largest absolute Gasteiger partial charge is 0.480 e. The van der Waals surface area contributed by atoms with Crippen LogP contribution in [0.25, 0.3) is 0 Å². The number of aliphatic hydroxyl groups excluding tert-OH is 1. The molecule has 1 amide bonds. The third-order valence-corrected chi connectivity index (χ3v) is 2.12. The highest BCUT2D eigenvalue weighted by Crippen LogP contribution is 2.04. The van der Waals surface area contributed by atoms with Gasteiger partial charge in [0.2, 0.25) is 0 Å². The standard InChI is InChI=1S/C10H12N2O5/c1-5(14)6-2-7(11-3-6)9(15)12-8(4-13)10(16)17/h2-3,8,11,13H,4H2,1H3,(H,12,15)(H,16,17). The van der Waals surface area contributed by atoms with E-state index in [2.05, 4.69) is 10.3 Å². The summed E-state index contributed by atoms with van der Waals surface area (Å²) in [5.41, 5.74) is 0.390. The van der Waals surface area contributed by atoms with E-state index in [0.717, 1.165) is 0 Å². The van der Waals surface area contributed by atoms with Gasteiger partial charge in [0.25, 0.3) is 5.91 Å². The molecule has 1 heterocycles. The summed E-state index contributed by atoms with van der Waals surface area (Å²) >= 11 is 0. The molecule has 0 radical (unpaired) electrons. The average molecular weight is 240 g/mol. The molecule has 0 aliphatic heterocycles. The molecule has 92 valence electrons. The zero-order valence-corrected chi connectivity index (χ0v) is 9.06. The Morgan fingerprint density at radius 2 is 2.12 bits per heavy atom. The van der Waals surface area contributed by atoms with Crippen LogP contribution >= 0.6 is 0 Å². The molecular weight excluding hydrogens is 228 g/mol. The van der Waals surface area contributed by atoms with Gasteiger partial charge in [-0.05, 0) is 13.0 Å². The summed E-state index contributed by atoms with van der Waals surface area (Å²) in [4.78, 5) is 35.6. The first kappa shape index (κ1) is 12.9. The van der Waals surface area contributed by atoms with Crippen molar-refractivity contribution in [3.05, 3.63) is 23.5 Å². The third kappa shape index (κ3) is 3.15. The number of hydrogen-bond donors (Lipinski definition) is 4. The summed E-state index contributed by atoms with van der Waals surface area (Å²) < 4.78 is 0. The number of carboxylic acids is 1. The van der Waals surface area contributed by atoms with E-state index in [-0.39, 0.29) is 11.5 Å². The van der Waals surface area contributed by atoms with Crippen molar-refractivity contribution in [2.45, 2.75) is 13.0 Å². The Morgan fingerprint density at radius 3 is 2.53 bits per heavy atom. The molecular formula is C10H12N2O5. The Labute approximate surface area is 96.5 Å². The van der Waals surface area contributed by atoms with Crippen LogP contribution in [0, 0.1) is 0 Å². The first-order chi connectivity index (χ1) is 7.95. The van der Waals surface area contributed by atoms with Gasteiger partial charge in [-0.2, -0.15) is 0 Å². The van der Waals surface area contributed by atoms with Crippen LogP contribution in [0.1, 0.15) is 27.8 Å². The van der Waals surface area contributed by atoms with Crippen molar-refractivity contribution in [2.75, 3.05) is 6.61 Å². The van der Waals surface area contributed by atoms with Crippen molar-refractivity contribution in [1.29, 1.82) is 0 Å². The summed E-state index contributed by atoms with van der Waals surface area (Å²) in [5.74, 6) is -2.24. The van der Waals surface area contributed by atoms with Crippen LogP contribution < -0.4 is 5.32 Å². The number of Topliss-reactive ketones (excluding diaryl/α,β-unsaturated/α-hetero) is 1. The van der Waals surface area contributed by atoms with Gasteiger partial charge in [-0.15, -0.1) is 0 Å². The Balaban J connectivity index is 2.75. The number of aromatic nitrogens is 1. The lowest BCUT2D eigenvalue weighted by Gasteiger charge is -2.10. The summed E-state index contributed by atoms with van der Waals surface area (Å²) in [5, 5.41) is 19.5. The maximum Gasteiger partial charge on any atom is 0.328 e. The van der Waals surface area contributed by atoms with Crippen LogP contribution in [0.15, 0.2) is 12.3 Å². The van der Waals surface area contributed by atoms with Crippen LogP contribution in [0.4, 0.5) is 0 Å². The Hall–Kier alpha value is -2.15. The smallest absolute Gasteiger partial charge is 0.328 e. The number of aromatic amines is 1. The van der Waals surface area contributed by atoms with Crippen molar-refractivity contribution in [3.8, 4) is 0 Å². The predicted octanol–water partition coefficient (Wildman–Crippen LogP) is -0.607. The molecule has 1 unspecified atom stereocenters. The van der Waals surface area contributed by atoms with Gasteiger partial charge in [0.1, 0.15) is 5.69 Å². The number of ketones is 1. The van der Waals surface area contributed by atoms with Crippen LogP contribution in [0.5, 0.6) is 0 Å². The van der Waals surface area contributed by atoms with E-state index in [1.54, 1.807) is 0 Å². The lowest BCUT2D eigenvalue weighted by molar-refractivity contribution is -0.140. The Bertz CT molecular complexity index is 451. The molecule has 0 spiro atoms. The number of nitrogens with one attached hydrogen (secondary N) is 2. The molecule has 1 atom stereocenters. The summed E-state index contributed by atoms with van der Waals surface area (Å²) in [6.07, 6.45) is 1.35. The van der Waals surface area contributed by atoms with Gasteiger partial charge in [-0.25, -0.2) is 4.79 Å². The van der Waals surface area contributed by atoms with E-state index in [1.165, 1.54) is 19.2 Å². The predicted molar refractivity (Wildman–Crippen MR) is 56.8 cm³/mol. The van der Waals surface area contributed by atoms with Gasteiger partial charge in [0.15, 0.2) is 11.8 Å². The molecule has 17 heavy (non-hydrogen) atoms. The molecule has 0 saturated carbocycles. The lowest BCUT2D eigenvalue weighted by atomic mass is 10.2. The van der Waals surface area contributed by atoms with E-state index in [0.29, 0.717) is 5.56 Å². The average Bonchev–Trinajstić information content (AvgIpc) is 2.74. The van der Waals surface area contributed by atoms with Crippen LogP contribution in [-0.4, -0.2) is 45.5 Å². The normalized spacial score (nSPS) is 11.9. The second-order valence-corrected chi connectivity index (χ2v) is 3.41. The number of rotatable bonds is 5. The fourth-order valence-electron chi connectivity index (χ4n) is 1.15. The monoisotopic (exact) mass is 240 g/mol. The van der Waals surface area contributed by atoms with Gasteiger partial charge >= 0.3 is 5.97 Å². The fourth-order valence-corrected chi connectivity index (χ4v) is 1.15. The van der Waals surface area contributed by atoms with Gasteiger partial charge in [-0.3, -0.25) is 9.59 Å². The molecule has 1 rings (SSSR count). The number of carboxylic acid groups (broad SMARTS) is 1. The maximum absolute atomic E-state index is 11.5. The van der Waals surface area contributed by atoms with Crippen LogP contribution in [0.2, 0.25) is 0 Å². The quantitative estimate of drug-likeness (QED) is 0.512. The molecule has 0 saturated heterocycles. The molecule has 1 aromatic rings. The van der Waals surface area contributed by atoms with Gasteiger partial charge < -0.3 is 20.5 Å². The highest BCUT2D eigenvalue weighted by Gasteiger charge is 2.20. The molecule has 1 aromatic heterocycles. The maximum atomic E-state index is 11.5. The Kier molecular flexibility index (Phi) is 4.00. The molecule has 0 aliphatic carbocycles. The minimum atomic E-state index is -1.37. The van der Waals surface area contributed by atoms with Crippen molar-refractivity contribution >= 4 is 17.7 Å². The second-order valence-electron chi connectivity index (χ2n) is 3.41. The van der Waals surface area contributed by atoms with Gasteiger partial charge in [0.05, 0.1) is 6.61 Å². The SMILES string of the molecule is CC(=O)c1c[nH]c(C(=O)NC(CO)C(=O)O)c1. The lowest BCUT2D eigenvalue weighted by Crippen LogP contribution is -2.43. The van der Waals surface area contributed by atoms with Crippen molar-refractivity contribution in [3.63, 3.8) is 0 Å². The number of amides is 1. The van der Waals surface area contributed by atoms with E-state index in [4.69, 9.17) is 10.2 Å². The van der Waals surface area contributed by atoms with Crippen molar-refractivity contribution in [1.82, 2.24) is 10.3 Å².